The van der Waals surface area contributed by atoms with Crippen LogP contribution in [0.3, 0.4) is 0 Å². The number of carboxylic acids is 1. The van der Waals surface area contributed by atoms with Crippen molar-refractivity contribution in [1.82, 2.24) is 0 Å². The van der Waals surface area contributed by atoms with Crippen LogP contribution in [0.25, 0.3) is 0 Å². The Morgan fingerprint density at radius 3 is 0.683 bits per heavy atom. The van der Waals surface area contributed by atoms with Gasteiger partial charge in [0.15, 0.2) is 0 Å². The molecule has 0 atom stereocenters. The largest absolute Gasteiger partial charge is 0.508 e. The molecule has 9 rings (SSSR count). The Bertz CT molecular complexity index is 4740. The molecule has 0 saturated heterocycles. The van der Waals surface area contributed by atoms with Crippen LogP contribution in [0.4, 0.5) is 0 Å². The van der Waals surface area contributed by atoms with Crippen LogP contribution in [0.15, 0.2) is 111 Å². The number of hydrogen-bond acceptors (Lipinski definition) is 40. The second-order valence-corrected chi connectivity index (χ2v) is 36.2. The summed E-state index contributed by atoms with van der Waals surface area (Å²) < 4.78 is 114. The lowest BCUT2D eigenvalue weighted by Gasteiger charge is -2.26. The number of aliphatic carboxylic acids is 1. The summed E-state index contributed by atoms with van der Waals surface area (Å²) >= 11 is 0. The van der Waals surface area contributed by atoms with E-state index in [0.717, 1.165) is 30.4 Å². The van der Waals surface area contributed by atoms with E-state index >= 15 is 0 Å². The lowest BCUT2D eigenvalue weighted by Crippen LogP contribution is -2.31. The van der Waals surface area contributed by atoms with Crippen LogP contribution in [0, 0.1) is 59.2 Å². The quantitative estimate of drug-likeness (QED) is 0.00923. The highest BCUT2D eigenvalue weighted by atomic mass is 36.0. The summed E-state index contributed by atoms with van der Waals surface area (Å²) in [5.74, 6) is -15.7. The molecule has 5 aliphatic rings. The minimum Gasteiger partial charge on any atom is -0.508 e. The summed E-state index contributed by atoms with van der Waals surface area (Å²) in [5, 5.41) is 28.4. The van der Waals surface area contributed by atoms with Crippen LogP contribution in [0.5, 0.6) is 46.0 Å². The molecule has 0 bridgehead atoms. The molecule has 3 N–H and O–H groups in total. The van der Waals surface area contributed by atoms with E-state index in [1.165, 1.54) is 89.1 Å². The van der Waals surface area contributed by atoms with Gasteiger partial charge in [0.2, 0.25) is 9.23 Å². The van der Waals surface area contributed by atoms with E-state index in [9.17, 15) is 91.7 Å². The van der Waals surface area contributed by atoms with Crippen molar-refractivity contribution in [3.63, 3.8) is 0 Å². The first-order chi connectivity index (χ1) is 69.6. The number of ether oxygens (including phenoxy) is 20. The van der Waals surface area contributed by atoms with Gasteiger partial charge in [-0.1, -0.05) is 19.7 Å². The van der Waals surface area contributed by atoms with Crippen molar-refractivity contribution in [3.05, 3.63) is 133 Å². The molecule has 4 aromatic rings. The molecule has 0 amide bonds. The molecule has 0 heterocycles. The van der Waals surface area contributed by atoms with Gasteiger partial charge in [0.25, 0.3) is 0 Å². The zero-order valence-electron chi connectivity index (χ0n) is 81.4. The van der Waals surface area contributed by atoms with Crippen molar-refractivity contribution in [2.75, 3.05) is 121 Å². The van der Waals surface area contributed by atoms with Crippen molar-refractivity contribution in [2.24, 2.45) is 59.2 Å². The highest BCUT2D eigenvalue weighted by Crippen LogP contribution is 2.40. The van der Waals surface area contributed by atoms with Crippen LogP contribution in [-0.2, 0) is 138 Å². The molecular formula is C101H126Cl2O41S. The third-order valence-corrected chi connectivity index (χ3v) is 23.6. The highest BCUT2D eigenvalue weighted by molar-refractivity contribution is 8.26. The first-order valence-corrected chi connectivity index (χ1v) is 50.2. The topological polar surface area (TPSA) is 553 Å². The molecule has 4 aromatic carbocycles. The van der Waals surface area contributed by atoms with Crippen molar-refractivity contribution in [3.8, 4) is 46.0 Å². The monoisotopic (exact) mass is 2100 g/mol. The van der Waals surface area contributed by atoms with Crippen LogP contribution < -0.4 is 28.4 Å². The third kappa shape index (κ3) is 44.4. The molecule has 5 aliphatic carbocycles. The molecule has 0 radical (unpaired) electrons. The average molecular weight is 2100 g/mol. The zero-order chi connectivity index (χ0) is 106. The van der Waals surface area contributed by atoms with E-state index in [2.05, 4.69) is 41.1 Å². The van der Waals surface area contributed by atoms with E-state index in [-0.39, 0.29) is 221 Å². The maximum absolute atomic E-state index is 13.6. The lowest BCUT2D eigenvalue weighted by atomic mass is 9.82. The smallest absolute Gasteiger partial charge is 0.342 e. The number of phenols is 2. The average Bonchev–Trinajstić information content (AvgIpc) is 0.824. The van der Waals surface area contributed by atoms with Crippen molar-refractivity contribution < 1.29 is 196 Å². The normalized spacial score (nSPS) is 18.7. The van der Waals surface area contributed by atoms with Gasteiger partial charge < -0.3 is 110 Å². The minimum absolute atomic E-state index is 0.00199. The molecule has 0 spiro atoms. The van der Waals surface area contributed by atoms with Crippen LogP contribution >= 0.6 is 21.4 Å². The molecule has 0 aromatic heterocycles. The Kier molecular flexibility index (Phi) is 55.9. The maximum atomic E-state index is 13.6. The summed E-state index contributed by atoms with van der Waals surface area (Å²) in [6.07, 6.45) is 14.0. The Labute approximate surface area is 849 Å². The molecule has 796 valence electrons. The van der Waals surface area contributed by atoms with Crippen LogP contribution in [0.2, 0.25) is 0 Å². The highest BCUT2D eigenvalue weighted by Gasteiger charge is 2.40. The van der Waals surface area contributed by atoms with Gasteiger partial charge >= 0.3 is 101 Å². The summed E-state index contributed by atoms with van der Waals surface area (Å²) in [6, 6.07) is 15.4. The summed E-state index contributed by atoms with van der Waals surface area (Å²) in [7, 11) is 13.1. The van der Waals surface area contributed by atoms with Gasteiger partial charge in [-0.15, -0.1) is 0 Å². The summed E-state index contributed by atoms with van der Waals surface area (Å²) in [4.78, 5) is 212. The number of aromatic hydroxyl groups is 2. The van der Waals surface area contributed by atoms with Crippen LogP contribution in [-0.4, -0.2) is 242 Å². The minimum atomic E-state index is -1.67. The number of phenolic OH excluding ortho intramolecular Hbond substituents is 2. The number of carboxylic acid groups (broad SMARTS) is 1. The van der Waals surface area contributed by atoms with Crippen molar-refractivity contribution in [1.29, 1.82) is 0 Å². The standard InChI is InChI=1S/C58H72O22.C28H32O12.C15H22O6.Cl2OS/c1-5-49(59)71-27-7-9-29-73-51(61)37-11-15-39(16-12-37)53(63)77-43-23-25-47(45(35-43)57(67)75-33-31-69-3)79-55(65)41-19-21-42(22-20-41)56(66)80-48-26-24-44(36-46(48)58(68)76-34-32-70-4)78-54(64)40-17-13-38(14-18-40)52(62)74-30-10-8-28-72-50(60)6-2;1-35-11-13-37-27(33)21-15-19(29)7-9-23(21)39-25(31)17-3-5-18(6-4-17)26(32)40-24-10-8-20(30)16-22(24)28(34)38-14-12-36-2;1-2-13(16)20-9-3-4-10-21-15(19)12-7-5-11(6-8-12)14(17)18;1-4(2)3/h5-6,23-26,35-42H,1-2,7-22,27-34H2,3-4H3;7-10,15-18,29-30H,3-6,11-14H2,1-2H3;2,11-12H,1,3-10H2,(H,17,18);. The molecule has 41 nitrogen and oxygen atoms in total. The Hall–Kier alpha value is -12.7. The van der Waals surface area contributed by atoms with Crippen molar-refractivity contribution >= 4 is 132 Å². The van der Waals surface area contributed by atoms with Crippen molar-refractivity contribution in [2.45, 2.75) is 167 Å². The predicted molar refractivity (Wildman–Crippen MR) is 510 cm³/mol. The fraction of sp³-hybridized carbons (Fsp3) is 0.535. The number of benzene rings is 4. The first kappa shape index (κ1) is 121. The van der Waals surface area contributed by atoms with Gasteiger partial charge in [0.1, 0.15) is 94.7 Å². The number of hydrogen-bond donors (Lipinski definition) is 3. The van der Waals surface area contributed by atoms with Gasteiger partial charge in [-0.25, -0.2) is 37.8 Å². The van der Waals surface area contributed by atoms with Crippen LogP contribution in [0.1, 0.15) is 208 Å². The fourth-order valence-corrected chi connectivity index (χ4v) is 15.5. The number of carbonyl (C=O) groups is 17. The number of halogens is 2. The first-order valence-electron chi connectivity index (χ1n) is 47.4. The Morgan fingerprint density at radius 1 is 0.276 bits per heavy atom. The third-order valence-electron chi connectivity index (χ3n) is 23.6. The molecule has 0 aliphatic heterocycles. The van der Waals surface area contributed by atoms with Gasteiger partial charge in [-0.2, -0.15) is 0 Å². The maximum Gasteiger partial charge on any atom is 0.342 e. The number of methoxy groups -OCH3 is 4. The molecule has 145 heavy (non-hydrogen) atoms. The van der Waals surface area contributed by atoms with E-state index in [4.69, 9.17) is 104 Å². The zero-order valence-corrected chi connectivity index (χ0v) is 83.7. The van der Waals surface area contributed by atoms with Gasteiger partial charge in [-0.3, -0.25) is 47.9 Å². The number of carbonyl (C=O) groups excluding carboxylic acids is 16. The molecule has 5 fully saturated rings. The molecule has 0 unspecified atom stereocenters. The van der Waals surface area contributed by atoms with Gasteiger partial charge in [0.05, 0.1) is 125 Å². The van der Waals surface area contributed by atoms with Gasteiger partial charge in [0, 0.05) is 68.0 Å². The number of rotatable bonds is 50. The molecule has 5 saturated carbocycles. The van der Waals surface area contributed by atoms with E-state index < -0.39 is 128 Å². The van der Waals surface area contributed by atoms with E-state index in [0.29, 0.717) is 148 Å². The second kappa shape index (κ2) is 67.0. The van der Waals surface area contributed by atoms with Gasteiger partial charge in [-0.05, 0) is 240 Å². The molecule has 44 heteroatoms. The number of unbranched alkanes of at least 4 members (excludes halogenated alkanes) is 3. The predicted octanol–water partition coefficient (Wildman–Crippen LogP) is 13.1. The lowest BCUT2D eigenvalue weighted by molar-refractivity contribution is -0.153. The van der Waals surface area contributed by atoms with E-state index in [1.54, 1.807) is 0 Å². The molecular weight excluding hydrogens is 1970 g/mol. The summed E-state index contributed by atoms with van der Waals surface area (Å²) in [6.45, 7) is 11.5. The fourth-order valence-electron chi connectivity index (χ4n) is 15.5. The Morgan fingerprint density at radius 2 is 0.469 bits per heavy atom. The summed E-state index contributed by atoms with van der Waals surface area (Å²) in [5.41, 5.74) is -0.574. The van der Waals surface area contributed by atoms with E-state index in [1.807, 2.05) is 0 Å². The second-order valence-electron chi connectivity index (χ2n) is 33.7. The Balaban J connectivity index is 0.000000403. The number of esters is 16. The SMILES string of the molecule is C=CC(=O)OCCCCOC(=O)C1CCC(C(=O)O)CC1.C=CC(=O)OCCCCOC(=O)C1CCC(C(=O)Oc2ccc(OC(=O)C3CCC(C(=O)Oc4ccc(OC(=O)C5CCC(C(=O)OCCCCOC(=O)C=C)CC5)cc4C(=O)OCCOC)CC3)c(C(=O)OCCOC)c2)CC1.COCCOC(=O)c1cc(O)ccc1OC(=O)C1CCC(C(=O)Oc2ccc(O)cc2C(=O)OCCOC)CC1.O=S(Cl)Cl.